The van der Waals surface area contributed by atoms with Crippen LogP contribution in [0.4, 0.5) is 5.88 Å². The summed E-state index contributed by atoms with van der Waals surface area (Å²) in [5, 5.41) is 21.1. The molecule has 1 N–H and O–H groups in total. The van der Waals surface area contributed by atoms with E-state index in [1.54, 1.807) is 23.9 Å². The lowest BCUT2D eigenvalue weighted by molar-refractivity contribution is -0.808. The van der Waals surface area contributed by atoms with Gasteiger partial charge in [0.05, 0.1) is 6.07 Å². The van der Waals surface area contributed by atoms with E-state index in [4.69, 9.17) is 16.6 Å². The van der Waals surface area contributed by atoms with E-state index in [2.05, 4.69) is 6.92 Å². The standard InChI is InChI=1S/C16H22N3O4S2/c1-4-5-10-17-14(16(2,3)25-15(17)24)18(20)11-6-7-12-8-9-13(23-12)19(21)22/h6-9,11,14,20H,4-5,10H2,1-3H3/q+1. The van der Waals surface area contributed by atoms with Crippen molar-refractivity contribution in [3.8, 4) is 0 Å². The number of thioether (sulfide) groups is 1. The highest BCUT2D eigenvalue weighted by Gasteiger charge is 2.52. The number of unbranched alkanes of at least 4 members (excludes halogenated alkanes) is 1. The second-order valence-electron chi connectivity index (χ2n) is 6.21. The molecule has 1 aromatic rings. The van der Waals surface area contributed by atoms with E-state index in [1.807, 2.05) is 18.7 Å². The van der Waals surface area contributed by atoms with E-state index < -0.39 is 4.92 Å². The van der Waals surface area contributed by atoms with Crippen molar-refractivity contribution in [1.29, 1.82) is 0 Å². The molecule has 0 radical (unpaired) electrons. The molecular formula is C16H22N3O4S2+. The number of nitrogens with zero attached hydrogens (tertiary/aromatic N) is 3. The smallest absolute Gasteiger partial charge is 0.401 e. The minimum atomic E-state index is -0.593. The third-order valence-electron chi connectivity index (χ3n) is 3.80. The van der Waals surface area contributed by atoms with E-state index in [1.165, 1.54) is 18.3 Å². The van der Waals surface area contributed by atoms with Crippen LogP contribution in [-0.4, -0.2) is 47.8 Å². The lowest BCUT2D eigenvalue weighted by Crippen LogP contribution is -2.48. The summed E-state index contributed by atoms with van der Waals surface area (Å²) in [5.41, 5.74) is 0. The van der Waals surface area contributed by atoms with Crippen LogP contribution in [0.3, 0.4) is 0 Å². The van der Waals surface area contributed by atoms with E-state index in [0.717, 1.165) is 28.4 Å². The van der Waals surface area contributed by atoms with Gasteiger partial charge in [-0.15, -0.1) is 0 Å². The number of thiocarbonyl (C=S) groups is 1. The lowest BCUT2D eigenvalue weighted by atomic mass is 10.1. The summed E-state index contributed by atoms with van der Waals surface area (Å²) in [4.78, 5) is 12.0. The van der Waals surface area contributed by atoms with Gasteiger partial charge >= 0.3 is 5.88 Å². The third-order valence-corrected chi connectivity index (χ3v) is 5.43. The first-order valence-corrected chi connectivity index (χ1v) is 9.21. The summed E-state index contributed by atoms with van der Waals surface area (Å²) in [6.07, 6.45) is 6.40. The van der Waals surface area contributed by atoms with Gasteiger partial charge in [-0.25, -0.2) is 0 Å². The average Bonchev–Trinajstić information content (AvgIpc) is 3.07. The van der Waals surface area contributed by atoms with Crippen molar-refractivity contribution >= 4 is 46.5 Å². The number of allylic oxidation sites excluding steroid dienone is 1. The molecule has 1 saturated heterocycles. The quantitative estimate of drug-likeness (QED) is 0.191. The van der Waals surface area contributed by atoms with E-state index >= 15 is 0 Å². The molecule has 0 saturated carbocycles. The van der Waals surface area contributed by atoms with Crippen LogP contribution < -0.4 is 0 Å². The van der Waals surface area contributed by atoms with Gasteiger partial charge in [-0.05, 0) is 37.1 Å². The Kier molecular flexibility index (Phi) is 6.23. The molecule has 0 aromatic carbocycles. The Morgan fingerprint density at radius 2 is 2.24 bits per heavy atom. The zero-order valence-electron chi connectivity index (χ0n) is 14.4. The summed E-state index contributed by atoms with van der Waals surface area (Å²) >= 11 is 7.03. The Hall–Kier alpha value is -1.87. The van der Waals surface area contributed by atoms with Crippen molar-refractivity contribution in [3.63, 3.8) is 0 Å². The highest BCUT2D eigenvalue weighted by Crippen LogP contribution is 2.41. The Bertz CT molecular complexity index is 712. The minimum absolute atomic E-state index is 0.270. The molecule has 0 amide bonds. The maximum Gasteiger partial charge on any atom is 0.433 e. The number of nitro groups is 1. The Morgan fingerprint density at radius 3 is 2.84 bits per heavy atom. The van der Waals surface area contributed by atoms with Gasteiger partial charge in [0.1, 0.15) is 19.8 Å². The molecule has 2 heterocycles. The molecule has 1 unspecified atom stereocenters. The Balaban J connectivity index is 2.15. The van der Waals surface area contributed by atoms with Gasteiger partial charge in [0.15, 0.2) is 0 Å². The summed E-state index contributed by atoms with van der Waals surface area (Å²) in [7, 11) is 0. The van der Waals surface area contributed by atoms with E-state index in [-0.39, 0.29) is 16.8 Å². The van der Waals surface area contributed by atoms with Gasteiger partial charge in [0.2, 0.25) is 6.21 Å². The Labute approximate surface area is 156 Å². The predicted octanol–water partition coefficient (Wildman–Crippen LogP) is 3.91. The minimum Gasteiger partial charge on any atom is -0.401 e. The number of hydroxylamine groups is 1. The van der Waals surface area contributed by atoms with Gasteiger partial charge in [0, 0.05) is 12.6 Å². The fourth-order valence-electron chi connectivity index (χ4n) is 2.65. The summed E-state index contributed by atoms with van der Waals surface area (Å²) in [6, 6.07) is 2.79. The summed E-state index contributed by atoms with van der Waals surface area (Å²) in [5.74, 6) is 0.0275. The molecule has 1 aliphatic heterocycles. The van der Waals surface area contributed by atoms with Crippen molar-refractivity contribution in [2.45, 2.75) is 44.5 Å². The van der Waals surface area contributed by atoms with Gasteiger partial charge in [-0.3, -0.25) is 20.2 Å². The zero-order valence-corrected chi connectivity index (χ0v) is 16.0. The topological polar surface area (TPSA) is 82.8 Å². The first-order valence-electron chi connectivity index (χ1n) is 7.99. The van der Waals surface area contributed by atoms with E-state index in [9.17, 15) is 15.3 Å². The van der Waals surface area contributed by atoms with E-state index in [0.29, 0.717) is 5.76 Å². The fraction of sp³-hybridized carbons (Fsp3) is 0.500. The van der Waals surface area contributed by atoms with Crippen molar-refractivity contribution in [2.75, 3.05) is 6.54 Å². The van der Waals surface area contributed by atoms with Crippen LogP contribution in [0.25, 0.3) is 6.08 Å². The number of hydrogen-bond acceptors (Lipinski definition) is 6. The number of furan rings is 1. The molecule has 9 heteroatoms. The number of hydrogen-bond donors (Lipinski definition) is 1. The van der Waals surface area contributed by atoms with Crippen LogP contribution >= 0.6 is 24.0 Å². The number of rotatable bonds is 7. The molecule has 7 nitrogen and oxygen atoms in total. The zero-order chi connectivity index (χ0) is 18.6. The fourth-order valence-corrected chi connectivity index (χ4v) is 4.59. The van der Waals surface area contributed by atoms with Crippen molar-refractivity contribution in [1.82, 2.24) is 4.90 Å². The molecular weight excluding hydrogens is 362 g/mol. The van der Waals surface area contributed by atoms with Gasteiger partial charge in [0.25, 0.3) is 6.17 Å². The van der Waals surface area contributed by atoms with Gasteiger partial charge in [-0.1, -0.05) is 37.3 Å². The third kappa shape index (κ3) is 4.60. The predicted molar refractivity (Wildman–Crippen MR) is 102 cm³/mol. The van der Waals surface area contributed by atoms with Gasteiger partial charge in [-0.2, -0.15) is 0 Å². The second kappa shape index (κ2) is 8.01. The molecule has 0 spiro atoms. The van der Waals surface area contributed by atoms with Crippen molar-refractivity contribution in [3.05, 3.63) is 34.1 Å². The SMILES string of the molecule is CCCCN1C(=S)SC(C)(C)C1[N+](O)=CC=Cc1ccc([N+](=O)[O-])o1. The summed E-state index contributed by atoms with van der Waals surface area (Å²) < 4.78 is 6.69. The lowest BCUT2D eigenvalue weighted by Gasteiger charge is -2.24. The summed E-state index contributed by atoms with van der Waals surface area (Å²) in [6.45, 7) is 6.98. The highest BCUT2D eigenvalue weighted by molar-refractivity contribution is 8.24. The largest absolute Gasteiger partial charge is 0.433 e. The average molecular weight is 385 g/mol. The maximum absolute atomic E-state index is 10.6. The molecule has 2 rings (SSSR count). The van der Waals surface area contributed by atoms with Crippen LogP contribution in [0, 0.1) is 10.1 Å². The monoisotopic (exact) mass is 384 g/mol. The van der Waals surface area contributed by atoms with Crippen molar-refractivity contribution < 1.29 is 19.3 Å². The molecule has 1 atom stereocenters. The van der Waals surface area contributed by atoms with Crippen LogP contribution in [0.2, 0.25) is 0 Å². The first-order chi connectivity index (χ1) is 11.8. The molecule has 1 fully saturated rings. The molecule has 136 valence electrons. The molecule has 25 heavy (non-hydrogen) atoms. The molecule has 0 bridgehead atoms. The Morgan fingerprint density at radius 1 is 1.52 bits per heavy atom. The van der Waals surface area contributed by atoms with Crippen LogP contribution in [0.15, 0.2) is 22.6 Å². The molecule has 0 aliphatic carbocycles. The molecule has 1 aliphatic rings. The van der Waals surface area contributed by atoms with Crippen molar-refractivity contribution in [2.24, 2.45) is 0 Å². The molecule has 1 aromatic heterocycles. The maximum atomic E-state index is 10.6. The van der Waals surface area contributed by atoms with Crippen LogP contribution in [-0.2, 0) is 0 Å². The normalized spacial score (nSPS) is 20.6. The second-order valence-corrected chi connectivity index (χ2v) is 8.50. The first kappa shape index (κ1) is 19.5. The highest BCUT2D eigenvalue weighted by atomic mass is 32.2. The van der Waals surface area contributed by atoms with Gasteiger partial charge < -0.3 is 4.42 Å². The van der Waals surface area contributed by atoms with Crippen LogP contribution in [0.5, 0.6) is 0 Å². The van der Waals surface area contributed by atoms with Crippen LogP contribution in [0.1, 0.15) is 39.4 Å².